The fraction of sp³-hybridized carbons (Fsp3) is 0.200. The number of H-pyrrole nitrogens is 1. The number of nitrogens with zero attached hydrogens (tertiary/aromatic N) is 2. The number of hydrogen-bond acceptors (Lipinski definition) is 5. The molecule has 5 rings (SSSR count). The Labute approximate surface area is 174 Å². The fourth-order valence-corrected chi connectivity index (χ4v) is 5.30. The van der Waals surface area contributed by atoms with Gasteiger partial charge in [0, 0.05) is 28.2 Å². The molecule has 1 aliphatic heterocycles. The molecule has 0 fully saturated rings. The van der Waals surface area contributed by atoms with Crippen molar-refractivity contribution in [1.29, 1.82) is 0 Å². The standard InChI is InChI=1S/C20H15Cl2N3O2S/c1-27-19(26)12-8-25(20-24-18-13(22)3-2-4-16(18)28-20)9-15-17(12)11-7-10(21)5-6-14(11)23-15/h2-7,12,23H,8-9H2,1H3. The van der Waals surface area contributed by atoms with E-state index in [9.17, 15) is 4.79 Å². The van der Waals surface area contributed by atoms with Crippen LogP contribution in [-0.2, 0) is 16.1 Å². The molecule has 28 heavy (non-hydrogen) atoms. The zero-order chi connectivity index (χ0) is 19.4. The van der Waals surface area contributed by atoms with Crippen molar-refractivity contribution in [2.24, 2.45) is 0 Å². The van der Waals surface area contributed by atoms with Crippen molar-refractivity contribution in [3.8, 4) is 0 Å². The molecule has 2 aromatic carbocycles. The smallest absolute Gasteiger partial charge is 0.315 e. The van der Waals surface area contributed by atoms with Gasteiger partial charge < -0.3 is 14.6 Å². The summed E-state index contributed by atoms with van der Waals surface area (Å²) in [6, 6.07) is 11.4. The van der Waals surface area contributed by atoms with Crippen molar-refractivity contribution >= 4 is 66.8 Å². The van der Waals surface area contributed by atoms with Crippen LogP contribution in [0.1, 0.15) is 17.2 Å². The third-order valence-electron chi connectivity index (χ3n) is 5.10. The summed E-state index contributed by atoms with van der Waals surface area (Å²) in [7, 11) is 1.42. The van der Waals surface area contributed by atoms with Crippen LogP contribution in [0.15, 0.2) is 36.4 Å². The zero-order valence-corrected chi connectivity index (χ0v) is 17.2. The van der Waals surface area contributed by atoms with E-state index in [0.717, 1.165) is 37.5 Å². The van der Waals surface area contributed by atoms with Crippen LogP contribution in [-0.4, -0.2) is 29.6 Å². The van der Waals surface area contributed by atoms with Crippen LogP contribution >= 0.6 is 34.5 Å². The molecule has 0 aliphatic carbocycles. The van der Waals surface area contributed by atoms with Crippen molar-refractivity contribution in [3.63, 3.8) is 0 Å². The van der Waals surface area contributed by atoms with Crippen LogP contribution in [0, 0.1) is 0 Å². The molecule has 4 aromatic rings. The van der Waals surface area contributed by atoms with E-state index in [4.69, 9.17) is 32.9 Å². The number of benzene rings is 2. The van der Waals surface area contributed by atoms with Gasteiger partial charge in [0.1, 0.15) is 11.4 Å². The first-order valence-corrected chi connectivity index (χ1v) is 10.3. The quantitative estimate of drug-likeness (QED) is 0.433. The molecule has 0 radical (unpaired) electrons. The molecule has 5 nitrogen and oxygen atoms in total. The largest absolute Gasteiger partial charge is 0.468 e. The SMILES string of the molecule is COC(=O)C1CN(c2nc3c(Cl)cccc3s2)Cc2[nH]c3ccc(Cl)cc3c21. The summed E-state index contributed by atoms with van der Waals surface area (Å²) in [5, 5.41) is 3.06. The van der Waals surface area contributed by atoms with Crippen LogP contribution in [0.25, 0.3) is 21.1 Å². The molecule has 1 N–H and O–H groups in total. The fourth-order valence-electron chi connectivity index (χ4n) is 3.85. The molecule has 1 unspecified atom stereocenters. The number of rotatable bonds is 2. The number of halogens is 2. The van der Waals surface area contributed by atoms with Gasteiger partial charge in [0.2, 0.25) is 0 Å². The van der Waals surface area contributed by atoms with Crippen LogP contribution in [0.4, 0.5) is 5.13 Å². The van der Waals surface area contributed by atoms with Crippen LogP contribution in [0.2, 0.25) is 10.0 Å². The number of carbonyl (C=O) groups excluding carboxylic acids is 1. The predicted molar refractivity (Wildman–Crippen MR) is 114 cm³/mol. The summed E-state index contributed by atoms with van der Waals surface area (Å²) in [4.78, 5) is 22.9. The second kappa shape index (κ2) is 6.65. The van der Waals surface area contributed by atoms with E-state index in [1.807, 2.05) is 36.4 Å². The van der Waals surface area contributed by atoms with E-state index < -0.39 is 5.92 Å². The zero-order valence-electron chi connectivity index (χ0n) is 14.8. The number of aromatic nitrogens is 2. The molecule has 1 atom stereocenters. The highest BCUT2D eigenvalue weighted by Crippen LogP contribution is 2.40. The van der Waals surface area contributed by atoms with Gasteiger partial charge in [-0.3, -0.25) is 4.79 Å². The summed E-state index contributed by atoms with van der Waals surface area (Å²) in [6.07, 6.45) is 0. The van der Waals surface area contributed by atoms with Crippen molar-refractivity contribution in [3.05, 3.63) is 57.7 Å². The van der Waals surface area contributed by atoms with Crippen molar-refractivity contribution in [1.82, 2.24) is 9.97 Å². The normalized spacial score (nSPS) is 16.5. The van der Waals surface area contributed by atoms with Crippen LogP contribution in [0.3, 0.4) is 0 Å². The molecule has 0 bridgehead atoms. The number of anilines is 1. The lowest BCUT2D eigenvalue weighted by molar-refractivity contribution is -0.142. The molecule has 0 amide bonds. The average Bonchev–Trinajstić information content (AvgIpc) is 3.28. The summed E-state index contributed by atoms with van der Waals surface area (Å²) >= 11 is 14.1. The van der Waals surface area contributed by atoms with Gasteiger partial charge in [-0.1, -0.05) is 40.6 Å². The molecular weight excluding hydrogens is 417 g/mol. The third-order valence-corrected chi connectivity index (χ3v) is 6.72. The Kier molecular flexibility index (Phi) is 4.23. The maximum absolute atomic E-state index is 12.6. The minimum Gasteiger partial charge on any atom is -0.468 e. The molecule has 0 saturated carbocycles. The van der Waals surface area contributed by atoms with Gasteiger partial charge in [-0.15, -0.1) is 0 Å². The Morgan fingerprint density at radius 3 is 2.96 bits per heavy atom. The predicted octanol–water partition coefficient (Wildman–Crippen LogP) is 5.36. The van der Waals surface area contributed by atoms with E-state index in [1.54, 1.807) is 11.3 Å². The lowest BCUT2D eigenvalue weighted by atomic mass is 9.92. The molecule has 1 aliphatic rings. The summed E-state index contributed by atoms with van der Waals surface area (Å²) in [5.74, 6) is -0.700. The summed E-state index contributed by atoms with van der Waals surface area (Å²) < 4.78 is 6.13. The summed E-state index contributed by atoms with van der Waals surface area (Å²) in [5.41, 5.74) is 3.68. The number of methoxy groups -OCH3 is 1. The van der Waals surface area contributed by atoms with Gasteiger partial charge in [-0.25, -0.2) is 4.98 Å². The molecule has 2 aromatic heterocycles. The van der Waals surface area contributed by atoms with Crippen molar-refractivity contribution in [2.45, 2.75) is 12.5 Å². The Morgan fingerprint density at radius 2 is 2.18 bits per heavy atom. The number of fused-ring (bicyclic) bond motifs is 4. The lowest BCUT2D eigenvalue weighted by Gasteiger charge is -2.31. The minimum atomic E-state index is -0.427. The number of aromatic amines is 1. The second-order valence-electron chi connectivity index (χ2n) is 6.75. The van der Waals surface area contributed by atoms with Gasteiger partial charge in [0.25, 0.3) is 0 Å². The monoisotopic (exact) mass is 431 g/mol. The number of hydrogen-bond donors (Lipinski definition) is 1. The molecule has 0 saturated heterocycles. The Balaban J connectivity index is 1.64. The molecule has 3 heterocycles. The molecular formula is C20H15Cl2N3O2S. The highest BCUT2D eigenvalue weighted by atomic mass is 35.5. The highest BCUT2D eigenvalue weighted by Gasteiger charge is 2.35. The van der Waals surface area contributed by atoms with Crippen LogP contribution in [0.5, 0.6) is 0 Å². The number of para-hydroxylation sites is 1. The Bertz CT molecular complexity index is 1230. The molecule has 8 heteroatoms. The number of carbonyl (C=O) groups is 1. The van der Waals surface area contributed by atoms with E-state index in [0.29, 0.717) is 23.1 Å². The highest BCUT2D eigenvalue weighted by molar-refractivity contribution is 7.22. The maximum atomic E-state index is 12.6. The first-order chi connectivity index (χ1) is 13.5. The van der Waals surface area contributed by atoms with E-state index in [-0.39, 0.29) is 5.97 Å². The molecule has 0 spiro atoms. The Hall–Kier alpha value is -2.28. The van der Waals surface area contributed by atoms with Gasteiger partial charge in [-0.05, 0) is 35.9 Å². The van der Waals surface area contributed by atoms with E-state index >= 15 is 0 Å². The number of thiazole rings is 1. The topological polar surface area (TPSA) is 58.2 Å². The van der Waals surface area contributed by atoms with Gasteiger partial charge in [0.15, 0.2) is 5.13 Å². The third kappa shape index (κ3) is 2.75. The maximum Gasteiger partial charge on any atom is 0.315 e. The van der Waals surface area contributed by atoms with Crippen molar-refractivity contribution < 1.29 is 9.53 Å². The number of nitrogens with one attached hydrogen (secondary N) is 1. The van der Waals surface area contributed by atoms with Gasteiger partial charge in [0.05, 0.1) is 23.4 Å². The second-order valence-corrected chi connectivity index (χ2v) is 8.60. The molecule has 142 valence electrons. The number of esters is 1. The van der Waals surface area contributed by atoms with Gasteiger partial charge >= 0.3 is 5.97 Å². The minimum absolute atomic E-state index is 0.272. The van der Waals surface area contributed by atoms with Gasteiger partial charge in [-0.2, -0.15) is 0 Å². The Morgan fingerprint density at radius 1 is 1.32 bits per heavy atom. The van der Waals surface area contributed by atoms with E-state index in [1.165, 1.54) is 7.11 Å². The van der Waals surface area contributed by atoms with E-state index in [2.05, 4.69) is 9.88 Å². The number of ether oxygens (including phenoxy) is 1. The van der Waals surface area contributed by atoms with Crippen molar-refractivity contribution in [2.75, 3.05) is 18.6 Å². The average molecular weight is 432 g/mol. The lowest BCUT2D eigenvalue weighted by Crippen LogP contribution is -2.37. The first kappa shape index (κ1) is 17.8. The summed E-state index contributed by atoms with van der Waals surface area (Å²) in [6.45, 7) is 1.10. The first-order valence-electron chi connectivity index (χ1n) is 8.73. The van der Waals surface area contributed by atoms with Crippen LogP contribution < -0.4 is 4.90 Å².